The normalized spacial score (nSPS) is 17.8. The van der Waals surface area contributed by atoms with E-state index in [4.69, 9.17) is 0 Å². The van der Waals surface area contributed by atoms with Crippen LogP contribution in [0.5, 0.6) is 0 Å². The van der Waals surface area contributed by atoms with Gasteiger partial charge in [0.1, 0.15) is 0 Å². The second-order valence-electron chi connectivity index (χ2n) is 7.41. The molecule has 0 unspecified atom stereocenters. The summed E-state index contributed by atoms with van der Waals surface area (Å²) in [5.74, 6) is 0.762. The molecule has 1 fully saturated rings. The molecule has 5 rings (SSSR count). The van der Waals surface area contributed by atoms with Crippen molar-refractivity contribution in [2.45, 2.75) is 43.9 Å². The number of benzene rings is 2. The standard InChI is InChI=1S/C21H23N5/c1-6-13-21(14-7-1)16-8-2-4-10-18(16)26(15-12-20-22-24-25-23-20)19-11-5-3-9-17(19)21/h2-5,8-11H,1,6-7,12-15H2,(H,22,23,24,25). The Morgan fingerprint density at radius 3 is 2.15 bits per heavy atom. The van der Waals surface area contributed by atoms with Crippen molar-refractivity contribution in [1.82, 2.24) is 20.6 Å². The van der Waals surface area contributed by atoms with E-state index < -0.39 is 0 Å². The summed E-state index contributed by atoms with van der Waals surface area (Å²) in [6.45, 7) is 0.851. The Kier molecular flexibility index (Phi) is 3.73. The lowest BCUT2D eigenvalue weighted by molar-refractivity contribution is 0.343. The van der Waals surface area contributed by atoms with E-state index in [-0.39, 0.29) is 5.41 Å². The molecule has 1 N–H and O–H groups in total. The van der Waals surface area contributed by atoms with Crippen LogP contribution in [-0.4, -0.2) is 27.2 Å². The summed E-state index contributed by atoms with van der Waals surface area (Å²) in [6, 6.07) is 17.9. The molecule has 132 valence electrons. The predicted molar refractivity (Wildman–Crippen MR) is 102 cm³/mol. The van der Waals surface area contributed by atoms with Gasteiger partial charge in [-0.15, -0.1) is 10.2 Å². The lowest BCUT2D eigenvalue weighted by Gasteiger charge is -2.47. The third-order valence-corrected chi connectivity index (χ3v) is 6.08. The first kappa shape index (κ1) is 15.6. The van der Waals surface area contributed by atoms with Crippen LogP contribution in [0, 0.1) is 0 Å². The number of aromatic nitrogens is 4. The molecular formula is C21H23N5. The lowest BCUT2D eigenvalue weighted by Crippen LogP contribution is -2.39. The SMILES string of the molecule is c1ccc2c(c1)N(CCc1nn[nH]n1)c1ccccc1C21CCCCC1. The Morgan fingerprint density at radius 1 is 0.885 bits per heavy atom. The zero-order valence-corrected chi connectivity index (χ0v) is 14.9. The minimum Gasteiger partial charge on any atom is -0.341 e. The van der Waals surface area contributed by atoms with Gasteiger partial charge in [0, 0.05) is 29.8 Å². The molecule has 1 aliphatic carbocycles. The predicted octanol–water partition coefficient (Wildman–Crippen LogP) is 4.14. The molecule has 0 atom stereocenters. The van der Waals surface area contributed by atoms with Gasteiger partial charge in [-0.25, -0.2) is 0 Å². The Hall–Kier alpha value is -2.69. The van der Waals surface area contributed by atoms with E-state index in [0.717, 1.165) is 18.8 Å². The Balaban J connectivity index is 1.62. The van der Waals surface area contributed by atoms with E-state index in [1.54, 1.807) is 0 Å². The number of nitrogens with zero attached hydrogens (tertiary/aromatic N) is 4. The van der Waals surface area contributed by atoms with E-state index in [0.29, 0.717) is 0 Å². The number of H-pyrrole nitrogens is 1. The zero-order chi connectivity index (χ0) is 17.4. The Bertz CT molecular complexity index is 847. The van der Waals surface area contributed by atoms with Gasteiger partial charge in [-0.05, 0) is 36.1 Å². The quantitative estimate of drug-likeness (QED) is 0.775. The van der Waals surface area contributed by atoms with Crippen LogP contribution in [0.25, 0.3) is 0 Å². The fourth-order valence-corrected chi connectivity index (χ4v) is 4.94. The summed E-state index contributed by atoms with van der Waals surface area (Å²) in [5, 5.41) is 14.5. The molecule has 0 radical (unpaired) electrons. The second-order valence-corrected chi connectivity index (χ2v) is 7.41. The highest BCUT2D eigenvalue weighted by atomic mass is 15.5. The van der Waals surface area contributed by atoms with E-state index in [1.807, 2.05) is 0 Å². The van der Waals surface area contributed by atoms with E-state index in [9.17, 15) is 0 Å². The van der Waals surface area contributed by atoms with E-state index >= 15 is 0 Å². The number of rotatable bonds is 3. The summed E-state index contributed by atoms with van der Waals surface area (Å²) in [4.78, 5) is 2.45. The monoisotopic (exact) mass is 345 g/mol. The smallest absolute Gasteiger partial charge is 0.176 e. The van der Waals surface area contributed by atoms with Crippen molar-refractivity contribution < 1.29 is 0 Å². The van der Waals surface area contributed by atoms with Crippen LogP contribution in [-0.2, 0) is 11.8 Å². The van der Waals surface area contributed by atoms with Gasteiger partial charge in [0.2, 0.25) is 0 Å². The fraction of sp³-hybridized carbons (Fsp3) is 0.381. The minimum atomic E-state index is 0.175. The molecule has 3 aromatic rings. The van der Waals surface area contributed by atoms with Gasteiger partial charge in [0.25, 0.3) is 0 Å². The summed E-state index contributed by atoms with van der Waals surface area (Å²) in [7, 11) is 0. The first-order valence-corrected chi connectivity index (χ1v) is 9.57. The molecule has 26 heavy (non-hydrogen) atoms. The molecule has 5 nitrogen and oxygen atoms in total. The highest BCUT2D eigenvalue weighted by Gasteiger charge is 2.43. The molecule has 1 aromatic heterocycles. The number of para-hydroxylation sites is 2. The number of hydrogen-bond donors (Lipinski definition) is 1. The van der Waals surface area contributed by atoms with Crippen molar-refractivity contribution in [3.05, 3.63) is 65.5 Å². The largest absolute Gasteiger partial charge is 0.341 e. The fourth-order valence-electron chi connectivity index (χ4n) is 4.94. The molecule has 5 heteroatoms. The minimum absolute atomic E-state index is 0.175. The first-order chi connectivity index (χ1) is 12.9. The Morgan fingerprint density at radius 2 is 1.54 bits per heavy atom. The molecule has 1 spiro atoms. The summed E-state index contributed by atoms with van der Waals surface area (Å²) in [5.41, 5.74) is 5.85. The van der Waals surface area contributed by atoms with Gasteiger partial charge in [-0.2, -0.15) is 5.21 Å². The van der Waals surface area contributed by atoms with Gasteiger partial charge >= 0.3 is 0 Å². The summed E-state index contributed by atoms with van der Waals surface area (Å²) in [6.07, 6.45) is 7.25. The number of tetrazole rings is 1. The first-order valence-electron chi connectivity index (χ1n) is 9.57. The lowest BCUT2D eigenvalue weighted by atomic mass is 9.63. The maximum absolute atomic E-state index is 4.12. The van der Waals surface area contributed by atoms with Crippen molar-refractivity contribution in [3.8, 4) is 0 Å². The molecule has 0 bridgehead atoms. The van der Waals surface area contributed by atoms with Crippen molar-refractivity contribution in [2.75, 3.05) is 11.4 Å². The van der Waals surface area contributed by atoms with Crippen molar-refractivity contribution in [1.29, 1.82) is 0 Å². The number of aromatic amines is 1. The van der Waals surface area contributed by atoms with Crippen LogP contribution in [0.4, 0.5) is 11.4 Å². The molecular weight excluding hydrogens is 322 g/mol. The zero-order valence-electron chi connectivity index (χ0n) is 14.9. The molecule has 1 saturated carbocycles. The van der Waals surface area contributed by atoms with Gasteiger partial charge in [0.05, 0.1) is 0 Å². The van der Waals surface area contributed by atoms with Crippen LogP contribution in [0.2, 0.25) is 0 Å². The summed E-state index contributed by atoms with van der Waals surface area (Å²) >= 11 is 0. The van der Waals surface area contributed by atoms with Crippen LogP contribution >= 0.6 is 0 Å². The van der Waals surface area contributed by atoms with Gasteiger partial charge in [-0.3, -0.25) is 0 Å². The number of fused-ring (bicyclic) bond motifs is 4. The van der Waals surface area contributed by atoms with Gasteiger partial charge in [0.15, 0.2) is 5.82 Å². The van der Waals surface area contributed by atoms with Gasteiger partial charge < -0.3 is 4.90 Å². The Labute approximate surface area is 153 Å². The second kappa shape index (κ2) is 6.24. The average molecular weight is 345 g/mol. The molecule has 2 aliphatic rings. The molecule has 0 amide bonds. The topological polar surface area (TPSA) is 57.7 Å². The van der Waals surface area contributed by atoms with Crippen LogP contribution in [0.15, 0.2) is 48.5 Å². The number of nitrogens with one attached hydrogen (secondary N) is 1. The molecule has 2 aromatic carbocycles. The highest BCUT2D eigenvalue weighted by Crippen LogP contribution is 2.55. The highest BCUT2D eigenvalue weighted by molar-refractivity contribution is 5.78. The van der Waals surface area contributed by atoms with E-state index in [1.165, 1.54) is 54.6 Å². The van der Waals surface area contributed by atoms with Crippen molar-refractivity contribution in [3.63, 3.8) is 0 Å². The molecule has 0 saturated heterocycles. The maximum Gasteiger partial charge on any atom is 0.176 e. The third-order valence-electron chi connectivity index (χ3n) is 6.08. The molecule has 2 heterocycles. The van der Waals surface area contributed by atoms with Gasteiger partial charge in [-0.1, -0.05) is 60.9 Å². The van der Waals surface area contributed by atoms with Crippen molar-refractivity contribution >= 4 is 11.4 Å². The van der Waals surface area contributed by atoms with Crippen LogP contribution in [0.1, 0.15) is 49.1 Å². The number of hydrogen-bond acceptors (Lipinski definition) is 4. The maximum atomic E-state index is 4.12. The van der Waals surface area contributed by atoms with Crippen LogP contribution in [0.3, 0.4) is 0 Å². The third kappa shape index (κ3) is 2.34. The average Bonchev–Trinajstić information content (AvgIpc) is 3.23. The summed E-state index contributed by atoms with van der Waals surface area (Å²) < 4.78 is 0. The van der Waals surface area contributed by atoms with Crippen LogP contribution < -0.4 is 4.90 Å². The van der Waals surface area contributed by atoms with E-state index in [2.05, 4.69) is 74.1 Å². The molecule has 1 aliphatic heterocycles. The number of anilines is 2. The van der Waals surface area contributed by atoms with Crippen molar-refractivity contribution in [2.24, 2.45) is 0 Å².